The van der Waals surface area contributed by atoms with Crippen molar-refractivity contribution in [2.45, 2.75) is 18.9 Å². The average Bonchev–Trinajstić information content (AvgIpc) is 3.14. The van der Waals surface area contributed by atoms with Crippen molar-refractivity contribution >= 4 is 28.4 Å². The van der Waals surface area contributed by atoms with E-state index in [1.54, 1.807) is 41.8 Å². The molecule has 9 heteroatoms. The average molecular weight is 355 g/mol. The van der Waals surface area contributed by atoms with Crippen LogP contribution in [0.5, 0.6) is 0 Å². The third-order valence-electron chi connectivity index (χ3n) is 3.30. The molecule has 1 aliphatic heterocycles. The number of rotatable bonds is 3. The van der Waals surface area contributed by atoms with Crippen LogP contribution in [0.15, 0.2) is 52.0 Å². The Balaban J connectivity index is 1.98. The number of nitrogens with zero attached hydrogens (tertiary/aromatic N) is 2. The van der Waals surface area contributed by atoms with Crippen LogP contribution < -0.4 is 5.43 Å². The number of aliphatic hydroxyl groups is 1. The zero-order chi connectivity index (χ0) is 17.4. The van der Waals surface area contributed by atoms with Gasteiger partial charge < -0.3 is 9.94 Å². The number of nitrogens with one attached hydrogen (secondary N) is 1. The van der Waals surface area contributed by atoms with Gasteiger partial charge in [0, 0.05) is 0 Å². The van der Waals surface area contributed by atoms with Crippen molar-refractivity contribution in [1.29, 1.82) is 0 Å². The van der Waals surface area contributed by atoms with Crippen molar-refractivity contribution < 1.29 is 23.1 Å². The second-order valence-electron chi connectivity index (χ2n) is 5.09. The summed E-state index contributed by atoms with van der Waals surface area (Å²) in [4.78, 5) is 4.72. The lowest BCUT2D eigenvalue weighted by molar-refractivity contribution is -0.325. The molecule has 0 saturated carbocycles. The van der Waals surface area contributed by atoms with E-state index < -0.39 is 17.7 Å². The minimum absolute atomic E-state index is 0.163. The number of oxime groups is 1. The SMILES string of the molecule is Cc1ccc(N/N=C2/C(c3cccs3)=NOC2(O)C(F)(F)F)cc1. The first-order chi connectivity index (χ1) is 11.3. The van der Waals surface area contributed by atoms with Gasteiger partial charge in [-0.25, -0.2) is 0 Å². The van der Waals surface area contributed by atoms with Gasteiger partial charge in [0.1, 0.15) is 0 Å². The van der Waals surface area contributed by atoms with E-state index in [2.05, 4.69) is 20.5 Å². The maximum atomic E-state index is 13.2. The van der Waals surface area contributed by atoms with E-state index in [1.165, 1.54) is 0 Å². The monoisotopic (exact) mass is 355 g/mol. The predicted molar refractivity (Wildman–Crippen MR) is 85.2 cm³/mol. The molecule has 0 radical (unpaired) electrons. The lowest BCUT2D eigenvalue weighted by Crippen LogP contribution is -2.52. The molecular formula is C15H12F3N3O2S. The fourth-order valence-corrected chi connectivity index (χ4v) is 2.70. The summed E-state index contributed by atoms with van der Waals surface area (Å²) >= 11 is 1.16. The molecule has 1 aliphatic rings. The molecule has 1 unspecified atom stereocenters. The van der Waals surface area contributed by atoms with Gasteiger partial charge in [-0.15, -0.1) is 11.3 Å². The van der Waals surface area contributed by atoms with E-state index >= 15 is 0 Å². The summed E-state index contributed by atoms with van der Waals surface area (Å²) in [5.41, 5.74) is 3.06. The highest BCUT2D eigenvalue weighted by Crippen LogP contribution is 2.38. The Morgan fingerprint density at radius 1 is 1.25 bits per heavy atom. The molecule has 5 nitrogen and oxygen atoms in total. The van der Waals surface area contributed by atoms with Gasteiger partial charge in [-0.3, -0.25) is 5.43 Å². The molecule has 0 spiro atoms. The summed E-state index contributed by atoms with van der Waals surface area (Å²) in [6, 6.07) is 10.1. The summed E-state index contributed by atoms with van der Waals surface area (Å²) in [5, 5.41) is 18.7. The second kappa shape index (κ2) is 5.91. The van der Waals surface area contributed by atoms with Crippen LogP contribution in [0.2, 0.25) is 0 Å². The molecule has 24 heavy (non-hydrogen) atoms. The summed E-state index contributed by atoms with van der Waals surface area (Å²) < 4.78 is 39.7. The standard InChI is InChI=1S/C15H12F3N3O2S/c1-9-4-6-10(7-5-9)19-20-13-12(11-3-2-8-24-11)21-23-14(13,22)15(16,17)18/h2-8,19,22H,1H3/b20-13-. The molecule has 0 saturated heterocycles. The quantitative estimate of drug-likeness (QED) is 0.828. The van der Waals surface area contributed by atoms with Crippen LogP contribution in [0.4, 0.5) is 18.9 Å². The third-order valence-corrected chi connectivity index (χ3v) is 4.18. The fourth-order valence-electron chi connectivity index (χ4n) is 2.00. The molecule has 2 aromatic rings. The van der Waals surface area contributed by atoms with Gasteiger partial charge in [-0.05, 0) is 30.5 Å². The summed E-state index contributed by atoms with van der Waals surface area (Å²) in [6.07, 6.45) is -5.09. The fraction of sp³-hybridized carbons (Fsp3) is 0.200. The van der Waals surface area contributed by atoms with Crippen LogP contribution in [-0.2, 0) is 4.84 Å². The molecule has 0 bridgehead atoms. The Bertz CT molecular complexity index is 785. The van der Waals surface area contributed by atoms with E-state index in [-0.39, 0.29) is 5.71 Å². The number of hydrazone groups is 1. The Labute approximate surface area is 139 Å². The molecule has 1 atom stereocenters. The first-order valence-electron chi connectivity index (χ1n) is 6.81. The zero-order valence-corrected chi connectivity index (χ0v) is 13.1. The Morgan fingerprint density at radius 3 is 2.54 bits per heavy atom. The van der Waals surface area contributed by atoms with E-state index in [1.807, 2.05) is 6.92 Å². The lowest BCUT2D eigenvalue weighted by Gasteiger charge is -2.23. The number of benzene rings is 1. The van der Waals surface area contributed by atoms with Gasteiger partial charge >= 0.3 is 12.0 Å². The normalized spacial score (nSPS) is 22.4. The van der Waals surface area contributed by atoms with Crippen molar-refractivity contribution in [3.63, 3.8) is 0 Å². The van der Waals surface area contributed by atoms with Crippen LogP contribution >= 0.6 is 11.3 Å². The van der Waals surface area contributed by atoms with Gasteiger partial charge in [-0.2, -0.15) is 18.3 Å². The number of halogens is 3. The van der Waals surface area contributed by atoms with Crippen LogP contribution in [0.1, 0.15) is 10.4 Å². The molecule has 0 amide bonds. The lowest BCUT2D eigenvalue weighted by atomic mass is 10.1. The van der Waals surface area contributed by atoms with Gasteiger partial charge in [0.25, 0.3) is 0 Å². The minimum atomic E-state index is -5.09. The Kier molecular flexibility index (Phi) is 4.06. The van der Waals surface area contributed by atoms with E-state index in [9.17, 15) is 18.3 Å². The summed E-state index contributed by atoms with van der Waals surface area (Å²) in [5.74, 6) is -3.59. The number of aryl methyl sites for hydroxylation is 1. The number of thiophene rings is 1. The van der Waals surface area contributed by atoms with Crippen molar-refractivity contribution in [2.75, 3.05) is 5.43 Å². The third kappa shape index (κ3) is 2.87. The largest absolute Gasteiger partial charge is 0.464 e. The van der Waals surface area contributed by atoms with Gasteiger partial charge in [0.15, 0.2) is 11.4 Å². The van der Waals surface area contributed by atoms with E-state index in [0.29, 0.717) is 10.6 Å². The molecule has 1 aromatic heterocycles. The van der Waals surface area contributed by atoms with Gasteiger partial charge in [-0.1, -0.05) is 28.9 Å². The molecule has 3 rings (SSSR count). The predicted octanol–water partition coefficient (Wildman–Crippen LogP) is 3.51. The Hall–Kier alpha value is -2.39. The van der Waals surface area contributed by atoms with E-state index in [4.69, 9.17) is 0 Å². The van der Waals surface area contributed by atoms with Crippen molar-refractivity contribution in [1.82, 2.24) is 0 Å². The first kappa shape index (κ1) is 16.5. The number of hydrogen-bond acceptors (Lipinski definition) is 6. The molecule has 0 aliphatic carbocycles. The van der Waals surface area contributed by atoms with E-state index in [0.717, 1.165) is 16.9 Å². The smallest absolute Gasteiger partial charge is 0.343 e. The first-order valence-corrected chi connectivity index (χ1v) is 7.69. The number of hydrogen-bond donors (Lipinski definition) is 2. The highest BCUT2D eigenvalue weighted by atomic mass is 32.1. The topological polar surface area (TPSA) is 66.2 Å². The number of alkyl halides is 3. The second-order valence-corrected chi connectivity index (χ2v) is 6.04. The maximum Gasteiger partial charge on any atom is 0.464 e. The summed E-state index contributed by atoms with van der Waals surface area (Å²) in [7, 11) is 0. The summed E-state index contributed by atoms with van der Waals surface area (Å²) in [6.45, 7) is 1.88. The Morgan fingerprint density at radius 2 is 1.96 bits per heavy atom. The van der Waals surface area contributed by atoms with Crippen LogP contribution in [0.3, 0.4) is 0 Å². The van der Waals surface area contributed by atoms with Crippen molar-refractivity contribution in [2.24, 2.45) is 10.3 Å². The van der Waals surface area contributed by atoms with Crippen LogP contribution in [-0.4, -0.2) is 28.5 Å². The highest BCUT2D eigenvalue weighted by molar-refractivity contribution is 7.13. The molecule has 2 N–H and O–H groups in total. The van der Waals surface area contributed by atoms with Gasteiger partial charge in [0.05, 0.1) is 10.6 Å². The zero-order valence-electron chi connectivity index (χ0n) is 12.3. The molecule has 1 aromatic carbocycles. The van der Waals surface area contributed by atoms with Crippen molar-refractivity contribution in [3.05, 3.63) is 52.2 Å². The number of anilines is 1. The van der Waals surface area contributed by atoms with Crippen LogP contribution in [0.25, 0.3) is 0 Å². The molecule has 126 valence electrons. The molecule has 2 heterocycles. The van der Waals surface area contributed by atoms with Crippen molar-refractivity contribution in [3.8, 4) is 0 Å². The van der Waals surface area contributed by atoms with Crippen LogP contribution in [0, 0.1) is 6.92 Å². The molecular weight excluding hydrogens is 343 g/mol. The maximum absolute atomic E-state index is 13.2. The minimum Gasteiger partial charge on any atom is -0.343 e. The van der Waals surface area contributed by atoms with Gasteiger partial charge in [0.2, 0.25) is 0 Å². The highest BCUT2D eigenvalue weighted by Gasteiger charge is 2.65. The molecule has 0 fully saturated rings.